The summed E-state index contributed by atoms with van der Waals surface area (Å²) in [6.45, 7) is 2.03. The molecule has 0 unspecified atom stereocenters. The van der Waals surface area contributed by atoms with Gasteiger partial charge in [-0.25, -0.2) is 4.39 Å². The quantitative estimate of drug-likeness (QED) is 0.908. The molecule has 0 radical (unpaired) electrons. The molecule has 2 nitrogen and oxygen atoms in total. The molecule has 0 spiro atoms. The molecule has 1 aromatic carbocycles. The van der Waals surface area contributed by atoms with Crippen molar-refractivity contribution in [2.45, 2.75) is 13.3 Å². The van der Waals surface area contributed by atoms with Crippen LogP contribution in [0, 0.1) is 5.82 Å². The number of benzene rings is 1. The summed E-state index contributed by atoms with van der Waals surface area (Å²) in [6.07, 6.45) is 0.836. The van der Waals surface area contributed by atoms with E-state index in [4.69, 9.17) is 0 Å². The molecule has 1 heterocycles. The van der Waals surface area contributed by atoms with Crippen molar-refractivity contribution in [3.05, 3.63) is 34.2 Å². The molecular weight excluding hydrogens is 271 g/mol. The van der Waals surface area contributed by atoms with Crippen LogP contribution in [0.1, 0.15) is 12.6 Å². The maximum Gasteiger partial charge on any atom is 0.139 e. The van der Waals surface area contributed by atoms with Gasteiger partial charge in [0.1, 0.15) is 5.82 Å². The molecular formula is C12H12BrFN2. The second-order valence-electron chi connectivity index (χ2n) is 3.55. The summed E-state index contributed by atoms with van der Waals surface area (Å²) < 4.78 is 13.9. The van der Waals surface area contributed by atoms with E-state index in [1.54, 1.807) is 6.07 Å². The van der Waals surface area contributed by atoms with Gasteiger partial charge in [0.05, 0.1) is 9.99 Å². The number of hydrogen-bond donors (Lipinski definition) is 1. The Labute approximate surface area is 102 Å². The molecule has 1 aromatic heterocycles. The van der Waals surface area contributed by atoms with Crippen LogP contribution >= 0.6 is 15.9 Å². The number of anilines is 1. The topological polar surface area (TPSA) is 24.9 Å². The minimum absolute atomic E-state index is 0.282. The summed E-state index contributed by atoms with van der Waals surface area (Å²) in [7, 11) is 1.85. The van der Waals surface area contributed by atoms with E-state index in [1.165, 1.54) is 6.07 Å². The Morgan fingerprint density at radius 2 is 2.12 bits per heavy atom. The van der Waals surface area contributed by atoms with Gasteiger partial charge in [-0.2, -0.15) is 0 Å². The lowest BCUT2D eigenvalue weighted by molar-refractivity contribution is 0.622. The Morgan fingerprint density at radius 3 is 2.75 bits per heavy atom. The predicted molar refractivity (Wildman–Crippen MR) is 68.3 cm³/mol. The van der Waals surface area contributed by atoms with Gasteiger partial charge >= 0.3 is 0 Å². The first-order valence-corrected chi connectivity index (χ1v) is 5.91. The number of nitrogens with one attached hydrogen (secondary N) is 1. The number of rotatable bonds is 2. The molecule has 0 saturated carbocycles. The Balaban J connectivity index is 2.79. The number of halogens is 2. The van der Waals surface area contributed by atoms with Crippen LogP contribution < -0.4 is 5.32 Å². The molecule has 0 aliphatic carbocycles. The van der Waals surface area contributed by atoms with E-state index < -0.39 is 0 Å². The summed E-state index contributed by atoms with van der Waals surface area (Å²) >= 11 is 3.18. The van der Waals surface area contributed by atoms with Crippen LogP contribution in [0.15, 0.2) is 22.7 Å². The van der Waals surface area contributed by atoms with Crippen LogP contribution in [0.3, 0.4) is 0 Å². The lowest BCUT2D eigenvalue weighted by atomic mass is 10.1. The zero-order valence-corrected chi connectivity index (χ0v) is 10.7. The van der Waals surface area contributed by atoms with Crippen molar-refractivity contribution in [1.82, 2.24) is 4.98 Å². The molecule has 0 aliphatic rings. The van der Waals surface area contributed by atoms with Crippen LogP contribution in [-0.4, -0.2) is 12.0 Å². The monoisotopic (exact) mass is 282 g/mol. The lowest BCUT2D eigenvalue weighted by Crippen LogP contribution is -1.96. The van der Waals surface area contributed by atoms with Gasteiger partial charge in [0.25, 0.3) is 0 Å². The number of hydrogen-bond acceptors (Lipinski definition) is 2. The zero-order valence-electron chi connectivity index (χ0n) is 9.14. The number of aryl methyl sites for hydroxylation is 1. The Bertz CT molecular complexity index is 540. The molecule has 84 valence electrons. The van der Waals surface area contributed by atoms with Crippen molar-refractivity contribution >= 4 is 32.5 Å². The molecule has 0 aliphatic heterocycles. The first kappa shape index (κ1) is 11.3. The van der Waals surface area contributed by atoms with Crippen LogP contribution in [0.2, 0.25) is 0 Å². The van der Waals surface area contributed by atoms with E-state index in [0.717, 1.165) is 23.2 Å². The molecule has 2 rings (SSSR count). The largest absolute Gasteiger partial charge is 0.388 e. The molecule has 0 atom stereocenters. The number of aromatic nitrogens is 1. The van der Waals surface area contributed by atoms with Gasteiger partial charge in [0, 0.05) is 29.9 Å². The standard InChI is InChI=1S/C12H12BrFN2/c1-3-7-4-11(15-2)8-5-9(13)10(14)6-12(8)16-7/h4-6H,3H2,1-2H3,(H,15,16). The molecule has 2 aromatic rings. The Morgan fingerprint density at radius 1 is 1.38 bits per heavy atom. The van der Waals surface area contributed by atoms with Gasteiger partial charge in [-0.15, -0.1) is 0 Å². The first-order valence-electron chi connectivity index (χ1n) is 5.12. The fraction of sp³-hybridized carbons (Fsp3) is 0.250. The summed E-state index contributed by atoms with van der Waals surface area (Å²) in [6, 6.07) is 5.20. The predicted octanol–water partition coefficient (Wildman–Crippen LogP) is 3.74. The second-order valence-corrected chi connectivity index (χ2v) is 4.40. The highest BCUT2D eigenvalue weighted by Crippen LogP contribution is 2.28. The molecule has 0 fully saturated rings. The average Bonchev–Trinajstić information content (AvgIpc) is 2.29. The van der Waals surface area contributed by atoms with Gasteiger partial charge in [-0.05, 0) is 34.5 Å². The maximum atomic E-state index is 13.4. The van der Waals surface area contributed by atoms with E-state index in [9.17, 15) is 4.39 Å². The maximum absolute atomic E-state index is 13.4. The highest BCUT2D eigenvalue weighted by Gasteiger charge is 2.08. The smallest absolute Gasteiger partial charge is 0.139 e. The van der Waals surface area contributed by atoms with E-state index >= 15 is 0 Å². The third-order valence-electron chi connectivity index (χ3n) is 2.54. The minimum atomic E-state index is -0.282. The minimum Gasteiger partial charge on any atom is -0.388 e. The third-order valence-corrected chi connectivity index (χ3v) is 3.14. The second kappa shape index (κ2) is 4.37. The summed E-state index contributed by atoms with van der Waals surface area (Å²) in [5, 5.41) is 4.03. The molecule has 1 N–H and O–H groups in total. The van der Waals surface area contributed by atoms with Crippen molar-refractivity contribution < 1.29 is 4.39 Å². The highest BCUT2D eigenvalue weighted by molar-refractivity contribution is 9.10. The number of pyridine rings is 1. The highest BCUT2D eigenvalue weighted by atomic mass is 79.9. The van der Waals surface area contributed by atoms with Crippen LogP contribution in [0.5, 0.6) is 0 Å². The van der Waals surface area contributed by atoms with Crippen LogP contribution in [-0.2, 0) is 6.42 Å². The normalized spacial score (nSPS) is 10.8. The van der Waals surface area contributed by atoms with Gasteiger partial charge in [0.2, 0.25) is 0 Å². The van der Waals surface area contributed by atoms with Crippen LogP contribution in [0.4, 0.5) is 10.1 Å². The lowest BCUT2D eigenvalue weighted by Gasteiger charge is -2.09. The average molecular weight is 283 g/mol. The molecule has 0 saturated heterocycles. The van der Waals surface area contributed by atoms with Crippen LogP contribution in [0.25, 0.3) is 10.9 Å². The van der Waals surface area contributed by atoms with Crippen molar-refractivity contribution in [1.29, 1.82) is 0 Å². The molecule has 16 heavy (non-hydrogen) atoms. The van der Waals surface area contributed by atoms with Gasteiger partial charge < -0.3 is 5.32 Å². The SMILES string of the molecule is CCc1cc(NC)c2cc(Br)c(F)cc2n1. The molecule has 0 bridgehead atoms. The fourth-order valence-electron chi connectivity index (χ4n) is 1.66. The van der Waals surface area contributed by atoms with E-state index in [1.807, 2.05) is 20.0 Å². The Kier molecular flexibility index (Phi) is 3.10. The summed E-state index contributed by atoms with van der Waals surface area (Å²) in [5.74, 6) is -0.282. The fourth-order valence-corrected chi connectivity index (χ4v) is 2.01. The zero-order chi connectivity index (χ0) is 11.7. The first-order chi connectivity index (χ1) is 7.65. The van der Waals surface area contributed by atoms with Crippen molar-refractivity contribution in [3.8, 4) is 0 Å². The van der Waals surface area contributed by atoms with Gasteiger partial charge in [-0.3, -0.25) is 4.98 Å². The van der Waals surface area contributed by atoms with Crippen molar-refractivity contribution in [2.75, 3.05) is 12.4 Å². The molecule has 4 heteroatoms. The molecule has 0 amide bonds. The van der Waals surface area contributed by atoms with E-state index in [2.05, 4.69) is 26.2 Å². The van der Waals surface area contributed by atoms with E-state index in [-0.39, 0.29) is 5.82 Å². The van der Waals surface area contributed by atoms with Gasteiger partial charge in [0.15, 0.2) is 0 Å². The summed E-state index contributed by atoms with van der Waals surface area (Å²) in [5.41, 5.74) is 2.62. The Hall–Kier alpha value is -1.16. The van der Waals surface area contributed by atoms with Gasteiger partial charge in [-0.1, -0.05) is 6.92 Å². The van der Waals surface area contributed by atoms with Crippen molar-refractivity contribution in [3.63, 3.8) is 0 Å². The number of fused-ring (bicyclic) bond motifs is 1. The third kappa shape index (κ3) is 1.89. The van der Waals surface area contributed by atoms with Crippen molar-refractivity contribution in [2.24, 2.45) is 0 Å². The van der Waals surface area contributed by atoms with E-state index in [0.29, 0.717) is 9.99 Å². The number of nitrogens with zero attached hydrogens (tertiary/aromatic N) is 1. The summed E-state index contributed by atoms with van der Waals surface area (Å²) in [4.78, 5) is 4.40.